The highest BCUT2D eigenvalue weighted by Crippen LogP contribution is 2.31. The number of hydrogen-bond acceptors (Lipinski definition) is 6. The van der Waals surface area contributed by atoms with Crippen LogP contribution in [-0.4, -0.2) is 71.3 Å². The van der Waals surface area contributed by atoms with Crippen molar-refractivity contribution in [2.75, 3.05) is 41.0 Å². The molecule has 2 aromatic carbocycles. The van der Waals surface area contributed by atoms with Crippen LogP contribution in [0, 0.1) is 6.92 Å². The van der Waals surface area contributed by atoms with Gasteiger partial charge in [-0.25, -0.2) is 0 Å². The van der Waals surface area contributed by atoms with Crippen molar-refractivity contribution in [2.45, 2.75) is 46.3 Å². The van der Waals surface area contributed by atoms with Crippen LogP contribution in [0.3, 0.4) is 0 Å². The van der Waals surface area contributed by atoms with Crippen LogP contribution < -0.4 is 10.1 Å². The second-order valence-electron chi connectivity index (χ2n) is 11.0. The molecule has 9 heteroatoms. The van der Waals surface area contributed by atoms with Gasteiger partial charge in [0.2, 0.25) is 0 Å². The number of benzene rings is 2. The van der Waals surface area contributed by atoms with Crippen molar-refractivity contribution < 1.29 is 14.3 Å². The number of hydrogen-bond donors (Lipinski definition) is 1. The topological polar surface area (TPSA) is 86.4 Å². The molecule has 0 saturated heterocycles. The lowest BCUT2D eigenvalue weighted by Gasteiger charge is -2.18. The molecule has 0 aliphatic carbocycles. The summed E-state index contributed by atoms with van der Waals surface area (Å²) in [6.07, 6.45) is 7.83. The Morgan fingerprint density at radius 1 is 0.951 bits per heavy atom. The zero-order valence-corrected chi connectivity index (χ0v) is 25.2. The minimum Gasteiger partial charge on any atom is -0.492 e. The molecule has 2 aromatic heterocycles. The molecule has 0 unspecified atom stereocenters. The standard InChI is InChI=1S/C32H42N6O3/c1-22(2)38-21-29(19-34-38)27-15-25(14-26(16-27)28-18-33-37(20-28)11-12-40-7)24(4)35-32(39)31-17-30(9-8-23(31)3)41-13-10-36(5)6/h8-9,14-22,24H,10-13H2,1-7H3,(H,35,39)/t24-/m1/s1. The van der Waals surface area contributed by atoms with E-state index >= 15 is 0 Å². The summed E-state index contributed by atoms with van der Waals surface area (Å²) in [7, 11) is 5.69. The monoisotopic (exact) mass is 558 g/mol. The predicted octanol–water partition coefficient (Wildman–Crippen LogP) is 5.38. The van der Waals surface area contributed by atoms with Gasteiger partial charge in [0.15, 0.2) is 0 Å². The van der Waals surface area contributed by atoms with Gasteiger partial charge in [-0.3, -0.25) is 14.2 Å². The van der Waals surface area contributed by atoms with Crippen molar-refractivity contribution in [1.29, 1.82) is 0 Å². The molecule has 0 saturated carbocycles. The van der Waals surface area contributed by atoms with Gasteiger partial charge in [0.05, 0.1) is 31.6 Å². The van der Waals surface area contributed by atoms with Crippen LogP contribution in [0.1, 0.15) is 54.3 Å². The summed E-state index contributed by atoms with van der Waals surface area (Å²) in [6, 6.07) is 12.1. The Bertz CT molecular complexity index is 1460. The molecule has 218 valence electrons. The first-order valence-electron chi connectivity index (χ1n) is 14.0. The number of rotatable bonds is 13. The summed E-state index contributed by atoms with van der Waals surface area (Å²) in [5.74, 6) is 0.548. The van der Waals surface area contributed by atoms with E-state index in [9.17, 15) is 4.79 Å². The van der Waals surface area contributed by atoms with E-state index in [4.69, 9.17) is 9.47 Å². The SMILES string of the molecule is COCCn1cc(-c2cc(-c3cnn(C(C)C)c3)cc([C@@H](C)NC(=O)c3cc(OCCN(C)C)ccc3C)c2)cn1. The minimum atomic E-state index is -0.248. The number of methoxy groups -OCH3 is 1. The maximum absolute atomic E-state index is 13.5. The first kappa shape index (κ1) is 30.0. The molecule has 0 fully saturated rings. The number of aryl methyl sites for hydroxylation is 1. The molecular weight excluding hydrogens is 516 g/mol. The fraction of sp³-hybridized carbons (Fsp3) is 0.406. The van der Waals surface area contributed by atoms with Gasteiger partial charge in [0.1, 0.15) is 12.4 Å². The van der Waals surface area contributed by atoms with Gasteiger partial charge in [-0.1, -0.05) is 6.07 Å². The average molecular weight is 559 g/mol. The molecule has 1 atom stereocenters. The Kier molecular flexibility index (Phi) is 9.96. The van der Waals surface area contributed by atoms with E-state index in [1.807, 2.05) is 74.1 Å². The Hall–Kier alpha value is -3.95. The van der Waals surface area contributed by atoms with Crippen molar-refractivity contribution in [3.8, 4) is 28.0 Å². The zero-order valence-electron chi connectivity index (χ0n) is 25.2. The van der Waals surface area contributed by atoms with Gasteiger partial charge in [-0.15, -0.1) is 0 Å². The summed E-state index contributed by atoms with van der Waals surface area (Å²) >= 11 is 0. The van der Waals surface area contributed by atoms with E-state index in [0.29, 0.717) is 31.1 Å². The van der Waals surface area contributed by atoms with Crippen LogP contribution in [-0.2, 0) is 11.3 Å². The quantitative estimate of drug-likeness (QED) is 0.237. The highest BCUT2D eigenvalue weighted by Gasteiger charge is 2.18. The molecule has 2 heterocycles. The summed E-state index contributed by atoms with van der Waals surface area (Å²) in [5, 5.41) is 12.3. The number of carbonyl (C=O) groups excluding carboxylic acids is 1. The molecule has 41 heavy (non-hydrogen) atoms. The minimum absolute atomic E-state index is 0.139. The van der Waals surface area contributed by atoms with E-state index in [2.05, 4.69) is 58.7 Å². The summed E-state index contributed by atoms with van der Waals surface area (Å²) in [4.78, 5) is 15.5. The lowest BCUT2D eigenvalue weighted by Crippen LogP contribution is -2.27. The molecule has 0 aliphatic rings. The lowest BCUT2D eigenvalue weighted by molar-refractivity contribution is 0.0938. The van der Waals surface area contributed by atoms with Gasteiger partial charge < -0.3 is 19.7 Å². The van der Waals surface area contributed by atoms with Gasteiger partial charge in [-0.2, -0.15) is 10.2 Å². The number of aromatic nitrogens is 4. The Labute approximate surface area is 243 Å². The van der Waals surface area contributed by atoms with Crippen molar-refractivity contribution in [1.82, 2.24) is 29.8 Å². The van der Waals surface area contributed by atoms with Crippen molar-refractivity contribution >= 4 is 5.91 Å². The van der Waals surface area contributed by atoms with Gasteiger partial charge >= 0.3 is 0 Å². The smallest absolute Gasteiger partial charge is 0.252 e. The third-order valence-electron chi connectivity index (χ3n) is 7.02. The Balaban J connectivity index is 1.62. The maximum Gasteiger partial charge on any atom is 0.252 e. The molecule has 4 aromatic rings. The number of ether oxygens (including phenoxy) is 2. The normalized spacial score (nSPS) is 12.2. The molecule has 9 nitrogen and oxygen atoms in total. The van der Waals surface area contributed by atoms with Gasteiger partial charge in [-0.05, 0) is 94.4 Å². The molecule has 1 amide bonds. The van der Waals surface area contributed by atoms with Crippen molar-refractivity contribution in [3.63, 3.8) is 0 Å². The van der Waals surface area contributed by atoms with Crippen LogP contribution in [0.4, 0.5) is 0 Å². The molecule has 0 spiro atoms. The second kappa shape index (κ2) is 13.6. The van der Waals surface area contributed by atoms with E-state index in [-0.39, 0.29) is 18.0 Å². The molecule has 1 N–H and O–H groups in total. The number of nitrogens with zero attached hydrogens (tertiary/aromatic N) is 5. The zero-order chi connectivity index (χ0) is 29.5. The maximum atomic E-state index is 13.5. The first-order chi connectivity index (χ1) is 19.6. The molecule has 0 bridgehead atoms. The fourth-order valence-electron chi connectivity index (χ4n) is 4.46. The molecule has 0 radical (unpaired) electrons. The molecular formula is C32H42N6O3. The van der Waals surface area contributed by atoms with Crippen LogP contribution >= 0.6 is 0 Å². The average Bonchev–Trinajstić information content (AvgIpc) is 3.63. The van der Waals surface area contributed by atoms with Crippen LogP contribution in [0.15, 0.2) is 61.2 Å². The van der Waals surface area contributed by atoms with E-state index in [1.54, 1.807) is 7.11 Å². The van der Waals surface area contributed by atoms with Crippen molar-refractivity contribution in [2.24, 2.45) is 0 Å². The van der Waals surface area contributed by atoms with E-state index in [0.717, 1.165) is 39.9 Å². The largest absolute Gasteiger partial charge is 0.492 e. The van der Waals surface area contributed by atoms with Crippen LogP contribution in [0.25, 0.3) is 22.3 Å². The van der Waals surface area contributed by atoms with Crippen LogP contribution in [0.2, 0.25) is 0 Å². The lowest BCUT2D eigenvalue weighted by atomic mass is 9.96. The molecule has 0 aliphatic heterocycles. The second-order valence-corrected chi connectivity index (χ2v) is 11.0. The fourth-order valence-corrected chi connectivity index (χ4v) is 4.46. The van der Waals surface area contributed by atoms with E-state index in [1.165, 1.54) is 0 Å². The molecule has 4 rings (SSSR count). The summed E-state index contributed by atoms with van der Waals surface area (Å²) in [6.45, 7) is 10.8. The number of nitrogens with one attached hydrogen (secondary N) is 1. The first-order valence-corrected chi connectivity index (χ1v) is 14.0. The number of carbonyl (C=O) groups is 1. The van der Waals surface area contributed by atoms with Gasteiger partial charge in [0.25, 0.3) is 5.91 Å². The van der Waals surface area contributed by atoms with Crippen molar-refractivity contribution in [3.05, 3.63) is 77.9 Å². The third kappa shape index (κ3) is 7.83. The predicted molar refractivity (Wildman–Crippen MR) is 162 cm³/mol. The number of likely N-dealkylation sites (N-methyl/N-ethyl adjacent to an activating group) is 1. The van der Waals surface area contributed by atoms with Crippen LogP contribution in [0.5, 0.6) is 5.75 Å². The Morgan fingerprint density at radius 3 is 2.32 bits per heavy atom. The Morgan fingerprint density at radius 2 is 1.66 bits per heavy atom. The highest BCUT2D eigenvalue weighted by atomic mass is 16.5. The number of amides is 1. The third-order valence-corrected chi connectivity index (χ3v) is 7.02. The summed E-state index contributed by atoms with van der Waals surface area (Å²) in [5.41, 5.74) is 6.56. The highest BCUT2D eigenvalue weighted by molar-refractivity contribution is 5.96. The van der Waals surface area contributed by atoms with Gasteiger partial charge in [0, 0.05) is 48.8 Å². The van der Waals surface area contributed by atoms with E-state index < -0.39 is 0 Å². The summed E-state index contributed by atoms with van der Waals surface area (Å²) < 4.78 is 14.9.